The molecule has 4 nitrogen and oxygen atoms in total. The summed E-state index contributed by atoms with van der Waals surface area (Å²) in [6, 6.07) is 3.25. The van der Waals surface area contributed by atoms with E-state index in [4.69, 9.17) is 0 Å². The highest BCUT2D eigenvalue weighted by Crippen LogP contribution is 2.06. The lowest BCUT2D eigenvalue weighted by molar-refractivity contribution is -0.115. The summed E-state index contributed by atoms with van der Waals surface area (Å²) in [6.07, 6.45) is 1.90. The van der Waals surface area contributed by atoms with Gasteiger partial charge in [-0.15, -0.1) is 0 Å². The standard InChI is InChI=1S/C10H12N2O2/c1-3-10(14)12-8-4-5-9(7(2)13)11-6-8/h4-6H,3H2,1-2H3,(H,12,14). The highest BCUT2D eigenvalue weighted by Gasteiger charge is 2.02. The molecule has 0 fully saturated rings. The first-order valence-electron chi connectivity index (χ1n) is 4.40. The number of hydrogen-bond acceptors (Lipinski definition) is 3. The maximum Gasteiger partial charge on any atom is 0.224 e. The lowest BCUT2D eigenvalue weighted by atomic mass is 10.2. The van der Waals surface area contributed by atoms with Crippen molar-refractivity contribution in [3.05, 3.63) is 24.0 Å². The Morgan fingerprint density at radius 3 is 2.57 bits per heavy atom. The second-order valence-electron chi connectivity index (χ2n) is 2.89. The van der Waals surface area contributed by atoms with Gasteiger partial charge < -0.3 is 5.32 Å². The van der Waals surface area contributed by atoms with Gasteiger partial charge in [-0.05, 0) is 12.1 Å². The van der Waals surface area contributed by atoms with E-state index in [1.807, 2.05) is 0 Å². The van der Waals surface area contributed by atoms with Crippen molar-refractivity contribution < 1.29 is 9.59 Å². The third-order valence-corrected chi connectivity index (χ3v) is 1.73. The summed E-state index contributed by atoms with van der Waals surface area (Å²) in [5.74, 6) is -0.152. The number of aromatic nitrogens is 1. The zero-order valence-electron chi connectivity index (χ0n) is 8.20. The molecule has 0 saturated heterocycles. The zero-order chi connectivity index (χ0) is 10.6. The van der Waals surface area contributed by atoms with Gasteiger partial charge in [0.15, 0.2) is 5.78 Å². The Hall–Kier alpha value is -1.71. The SMILES string of the molecule is CCC(=O)Nc1ccc(C(C)=O)nc1. The Kier molecular flexibility index (Phi) is 3.34. The van der Waals surface area contributed by atoms with Crippen LogP contribution in [0.5, 0.6) is 0 Å². The molecule has 0 atom stereocenters. The van der Waals surface area contributed by atoms with Gasteiger partial charge in [-0.3, -0.25) is 14.6 Å². The van der Waals surface area contributed by atoms with E-state index >= 15 is 0 Å². The largest absolute Gasteiger partial charge is 0.325 e. The first-order valence-corrected chi connectivity index (χ1v) is 4.40. The predicted molar refractivity (Wildman–Crippen MR) is 53.2 cm³/mol. The van der Waals surface area contributed by atoms with E-state index in [2.05, 4.69) is 10.3 Å². The molecule has 0 saturated carbocycles. The maximum atomic E-state index is 11.0. The highest BCUT2D eigenvalue weighted by molar-refractivity contribution is 5.93. The van der Waals surface area contributed by atoms with E-state index < -0.39 is 0 Å². The van der Waals surface area contributed by atoms with Crippen LogP contribution in [0.1, 0.15) is 30.8 Å². The minimum absolute atomic E-state index is 0.0672. The van der Waals surface area contributed by atoms with Gasteiger partial charge in [0, 0.05) is 13.3 Å². The Balaban J connectivity index is 2.73. The molecule has 0 spiro atoms. The topological polar surface area (TPSA) is 59.1 Å². The summed E-state index contributed by atoms with van der Waals surface area (Å²) in [7, 11) is 0. The number of Topliss-reactive ketones (excluding diaryl/α,β-unsaturated/α-hetero) is 1. The van der Waals surface area contributed by atoms with Crippen molar-refractivity contribution >= 4 is 17.4 Å². The summed E-state index contributed by atoms with van der Waals surface area (Å²) in [4.78, 5) is 25.8. The van der Waals surface area contributed by atoms with Gasteiger partial charge in [0.05, 0.1) is 11.9 Å². The van der Waals surface area contributed by atoms with Crippen molar-refractivity contribution in [2.75, 3.05) is 5.32 Å². The fourth-order valence-electron chi connectivity index (χ4n) is 0.925. The number of amides is 1. The average Bonchev–Trinajstić information content (AvgIpc) is 2.18. The Morgan fingerprint density at radius 1 is 1.43 bits per heavy atom. The molecule has 1 aromatic heterocycles. The summed E-state index contributed by atoms with van der Waals surface area (Å²) in [6.45, 7) is 3.22. The first-order chi connectivity index (χ1) is 6.63. The fraction of sp³-hybridized carbons (Fsp3) is 0.300. The van der Waals surface area contributed by atoms with Crippen LogP contribution in [0.3, 0.4) is 0 Å². The molecule has 1 rings (SSSR count). The number of ketones is 1. The number of rotatable bonds is 3. The van der Waals surface area contributed by atoms with Crippen molar-refractivity contribution in [1.82, 2.24) is 4.98 Å². The number of nitrogens with one attached hydrogen (secondary N) is 1. The lowest BCUT2D eigenvalue weighted by Gasteiger charge is -2.02. The van der Waals surface area contributed by atoms with Crippen molar-refractivity contribution in [2.24, 2.45) is 0 Å². The first kappa shape index (κ1) is 10.4. The Bertz CT molecular complexity index is 344. The Morgan fingerprint density at radius 2 is 2.14 bits per heavy atom. The van der Waals surface area contributed by atoms with Gasteiger partial charge in [-0.1, -0.05) is 6.92 Å². The smallest absolute Gasteiger partial charge is 0.224 e. The average molecular weight is 192 g/mol. The van der Waals surface area contributed by atoms with Gasteiger partial charge in [-0.2, -0.15) is 0 Å². The normalized spacial score (nSPS) is 9.57. The van der Waals surface area contributed by atoms with Crippen LogP contribution in [0.2, 0.25) is 0 Å². The maximum absolute atomic E-state index is 11.0. The van der Waals surface area contributed by atoms with Crippen molar-refractivity contribution in [3.8, 4) is 0 Å². The molecular formula is C10H12N2O2. The Labute approximate surface area is 82.3 Å². The molecule has 0 aromatic carbocycles. The van der Waals surface area contributed by atoms with Gasteiger partial charge in [-0.25, -0.2) is 0 Å². The van der Waals surface area contributed by atoms with Gasteiger partial charge in [0.25, 0.3) is 0 Å². The minimum atomic E-state index is -0.0848. The lowest BCUT2D eigenvalue weighted by Crippen LogP contribution is -2.10. The van der Waals surface area contributed by atoms with E-state index in [1.54, 1.807) is 19.1 Å². The summed E-state index contributed by atoms with van der Waals surface area (Å²) in [5, 5.41) is 2.64. The minimum Gasteiger partial charge on any atom is -0.325 e. The number of pyridine rings is 1. The van der Waals surface area contributed by atoms with Crippen LogP contribution in [-0.2, 0) is 4.79 Å². The molecule has 0 radical (unpaired) electrons. The monoisotopic (exact) mass is 192 g/mol. The fourth-order valence-corrected chi connectivity index (χ4v) is 0.925. The molecule has 0 aliphatic heterocycles. The molecule has 0 bridgehead atoms. The number of hydrogen-bond donors (Lipinski definition) is 1. The molecule has 0 unspecified atom stereocenters. The van der Waals surface area contributed by atoms with E-state index in [1.165, 1.54) is 13.1 Å². The van der Waals surface area contributed by atoms with Crippen LogP contribution in [0.15, 0.2) is 18.3 Å². The quantitative estimate of drug-likeness (QED) is 0.740. The molecule has 74 valence electrons. The van der Waals surface area contributed by atoms with E-state index in [0.717, 1.165) is 0 Å². The highest BCUT2D eigenvalue weighted by atomic mass is 16.1. The number of nitrogens with zero attached hydrogens (tertiary/aromatic N) is 1. The molecule has 1 N–H and O–H groups in total. The van der Waals surface area contributed by atoms with Gasteiger partial charge in [0.1, 0.15) is 5.69 Å². The molecule has 1 heterocycles. The predicted octanol–water partition coefficient (Wildman–Crippen LogP) is 1.63. The van der Waals surface area contributed by atoms with Gasteiger partial charge in [0.2, 0.25) is 5.91 Å². The van der Waals surface area contributed by atoms with Crippen LogP contribution in [-0.4, -0.2) is 16.7 Å². The van der Waals surface area contributed by atoms with Crippen molar-refractivity contribution in [1.29, 1.82) is 0 Å². The third-order valence-electron chi connectivity index (χ3n) is 1.73. The van der Waals surface area contributed by atoms with E-state index in [-0.39, 0.29) is 11.7 Å². The molecule has 4 heteroatoms. The van der Waals surface area contributed by atoms with Crippen molar-refractivity contribution in [2.45, 2.75) is 20.3 Å². The summed E-state index contributed by atoms with van der Waals surface area (Å²) in [5.41, 5.74) is 1.02. The molecule has 14 heavy (non-hydrogen) atoms. The third kappa shape index (κ3) is 2.65. The number of carbonyl (C=O) groups excluding carboxylic acids is 2. The zero-order valence-corrected chi connectivity index (χ0v) is 8.20. The van der Waals surface area contributed by atoms with Crippen molar-refractivity contribution in [3.63, 3.8) is 0 Å². The van der Waals surface area contributed by atoms with E-state index in [9.17, 15) is 9.59 Å². The van der Waals surface area contributed by atoms with Gasteiger partial charge >= 0.3 is 0 Å². The molecular weight excluding hydrogens is 180 g/mol. The molecule has 1 amide bonds. The summed E-state index contributed by atoms with van der Waals surface area (Å²) < 4.78 is 0. The van der Waals surface area contributed by atoms with E-state index in [0.29, 0.717) is 17.8 Å². The second-order valence-corrected chi connectivity index (χ2v) is 2.89. The van der Waals surface area contributed by atoms with Crippen LogP contribution in [0, 0.1) is 0 Å². The second kappa shape index (κ2) is 4.50. The number of anilines is 1. The summed E-state index contributed by atoms with van der Waals surface area (Å²) >= 11 is 0. The van der Waals surface area contributed by atoms with Crippen LogP contribution >= 0.6 is 0 Å². The van der Waals surface area contributed by atoms with Crippen LogP contribution < -0.4 is 5.32 Å². The molecule has 1 aromatic rings. The van der Waals surface area contributed by atoms with Crippen LogP contribution in [0.4, 0.5) is 5.69 Å². The number of carbonyl (C=O) groups is 2. The molecule has 0 aliphatic carbocycles. The molecule has 0 aliphatic rings. The van der Waals surface area contributed by atoms with Crippen LogP contribution in [0.25, 0.3) is 0 Å².